The van der Waals surface area contributed by atoms with Crippen LogP contribution in [0.25, 0.3) is 10.8 Å². The van der Waals surface area contributed by atoms with Crippen molar-refractivity contribution in [3.63, 3.8) is 0 Å². The molecule has 0 spiro atoms. The van der Waals surface area contributed by atoms with Gasteiger partial charge in [0.2, 0.25) is 5.91 Å². The molecule has 180 valence electrons. The number of nitrogens with zero attached hydrogens (tertiary/aromatic N) is 1. The molecule has 1 amide bonds. The van der Waals surface area contributed by atoms with Crippen LogP contribution in [0, 0.1) is 17.2 Å². The molecule has 0 saturated carbocycles. The molecule has 1 unspecified atom stereocenters. The number of hydrogen-bond acceptors (Lipinski definition) is 4. The normalized spacial score (nSPS) is 11.4. The maximum atomic E-state index is 13.8. The molecular formula is C31H27N2NaO3. The zero-order valence-electron chi connectivity index (χ0n) is 21.3. The van der Waals surface area contributed by atoms with Crippen molar-refractivity contribution >= 4 is 28.3 Å². The molecule has 0 bridgehead atoms. The van der Waals surface area contributed by atoms with Crippen LogP contribution < -0.4 is 40.0 Å². The van der Waals surface area contributed by atoms with Gasteiger partial charge in [0.15, 0.2) is 0 Å². The van der Waals surface area contributed by atoms with Gasteiger partial charge in [-0.2, -0.15) is 5.26 Å². The van der Waals surface area contributed by atoms with Gasteiger partial charge in [0.05, 0.1) is 23.5 Å². The van der Waals surface area contributed by atoms with Gasteiger partial charge in [-0.1, -0.05) is 86.6 Å². The number of carboxylic acid groups (broad SMARTS) is 1. The molecule has 0 fully saturated rings. The third-order valence-corrected chi connectivity index (χ3v) is 6.34. The number of carboxylic acids is 1. The summed E-state index contributed by atoms with van der Waals surface area (Å²) in [6.07, 6.45) is 0.926. The number of fused-ring (bicyclic) bond motifs is 1. The monoisotopic (exact) mass is 498 g/mol. The van der Waals surface area contributed by atoms with Gasteiger partial charge in [-0.15, -0.1) is 0 Å². The average Bonchev–Trinajstić information content (AvgIpc) is 2.88. The van der Waals surface area contributed by atoms with Crippen molar-refractivity contribution < 1.29 is 44.3 Å². The Kier molecular flexibility index (Phi) is 9.66. The zero-order chi connectivity index (χ0) is 25.7. The number of carbonyl (C=O) groups is 2. The van der Waals surface area contributed by atoms with E-state index in [1.165, 1.54) is 6.07 Å². The molecule has 6 heteroatoms. The van der Waals surface area contributed by atoms with Crippen LogP contribution in [0.2, 0.25) is 0 Å². The number of anilines is 1. The number of benzene rings is 4. The van der Waals surface area contributed by atoms with Crippen molar-refractivity contribution in [2.45, 2.75) is 32.6 Å². The second-order valence-electron chi connectivity index (χ2n) is 9.34. The van der Waals surface area contributed by atoms with E-state index in [4.69, 9.17) is 0 Å². The molecule has 0 aromatic heterocycles. The predicted molar refractivity (Wildman–Crippen MR) is 140 cm³/mol. The molecule has 4 rings (SSSR count). The van der Waals surface area contributed by atoms with Crippen LogP contribution in [0.1, 0.15) is 58.8 Å². The summed E-state index contributed by atoms with van der Waals surface area (Å²) in [4.78, 5) is 25.4. The Labute approximate surface area is 239 Å². The van der Waals surface area contributed by atoms with E-state index in [2.05, 4.69) is 25.2 Å². The molecule has 0 aliphatic heterocycles. The number of carbonyl (C=O) groups excluding carboxylic acids is 2. The maximum absolute atomic E-state index is 13.8. The van der Waals surface area contributed by atoms with E-state index in [-0.39, 0.29) is 53.4 Å². The van der Waals surface area contributed by atoms with Crippen molar-refractivity contribution in [1.82, 2.24) is 0 Å². The van der Waals surface area contributed by atoms with Crippen LogP contribution >= 0.6 is 0 Å². The van der Waals surface area contributed by atoms with Crippen molar-refractivity contribution in [1.29, 1.82) is 5.26 Å². The summed E-state index contributed by atoms with van der Waals surface area (Å²) < 4.78 is 0. The van der Waals surface area contributed by atoms with Gasteiger partial charge in [-0.3, -0.25) is 4.79 Å². The third kappa shape index (κ3) is 6.67. The van der Waals surface area contributed by atoms with E-state index in [0.29, 0.717) is 23.2 Å². The Hall–Kier alpha value is -3.43. The molecular weight excluding hydrogens is 471 g/mol. The maximum Gasteiger partial charge on any atom is 1.00 e. The topological polar surface area (TPSA) is 93.0 Å². The van der Waals surface area contributed by atoms with Gasteiger partial charge in [0.1, 0.15) is 0 Å². The fraction of sp³-hybridized carbons (Fsp3) is 0.194. The second kappa shape index (κ2) is 12.7. The summed E-state index contributed by atoms with van der Waals surface area (Å²) in [5.74, 6) is -1.54. The Bertz CT molecular complexity index is 1470. The molecule has 5 nitrogen and oxygen atoms in total. The first-order chi connectivity index (χ1) is 17.4. The van der Waals surface area contributed by atoms with Crippen molar-refractivity contribution in [2.75, 3.05) is 5.32 Å². The van der Waals surface area contributed by atoms with E-state index in [1.54, 1.807) is 36.4 Å². The Morgan fingerprint density at radius 3 is 2.35 bits per heavy atom. The molecule has 1 atom stereocenters. The van der Waals surface area contributed by atoms with Crippen molar-refractivity contribution in [2.24, 2.45) is 5.92 Å². The fourth-order valence-electron chi connectivity index (χ4n) is 4.62. The van der Waals surface area contributed by atoms with Gasteiger partial charge in [0, 0.05) is 17.7 Å². The number of amides is 1. The fourth-order valence-corrected chi connectivity index (χ4v) is 4.62. The largest absolute Gasteiger partial charge is 1.00 e. The van der Waals surface area contributed by atoms with E-state index in [9.17, 15) is 20.0 Å². The average molecular weight is 499 g/mol. The zero-order valence-corrected chi connectivity index (χ0v) is 23.3. The van der Waals surface area contributed by atoms with Crippen LogP contribution in [0.3, 0.4) is 0 Å². The van der Waals surface area contributed by atoms with Gasteiger partial charge in [-0.25, -0.2) is 0 Å². The van der Waals surface area contributed by atoms with Crippen molar-refractivity contribution in [3.05, 3.63) is 113 Å². The first-order valence-electron chi connectivity index (χ1n) is 12.0. The molecule has 0 radical (unpaired) electrons. The van der Waals surface area contributed by atoms with Gasteiger partial charge < -0.3 is 15.2 Å². The van der Waals surface area contributed by atoms with Crippen LogP contribution in [0.5, 0.6) is 0 Å². The first-order valence-corrected chi connectivity index (χ1v) is 12.0. The summed E-state index contributed by atoms with van der Waals surface area (Å²) in [6, 6.07) is 27.9. The van der Waals surface area contributed by atoms with Gasteiger partial charge >= 0.3 is 29.6 Å². The summed E-state index contributed by atoms with van der Waals surface area (Å²) in [6.45, 7) is 4.17. The Morgan fingerprint density at radius 2 is 1.62 bits per heavy atom. The molecule has 1 N–H and O–H groups in total. The van der Waals surface area contributed by atoms with Gasteiger partial charge in [0.25, 0.3) is 0 Å². The predicted octanol–water partition coefficient (Wildman–Crippen LogP) is 2.44. The molecule has 0 saturated heterocycles. The van der Waals surface area contributed by atoms with Gasteiger partial charge in [-0.05, 0) is 51.9 Å². The van der Waals surface area contributed by atoms with Crippen LogP contribution in [-0.4, -0.2) is 11.9 Å². The van der Waals surface area contributed by atoms with Crippen LogP contribution in [-0.2, 0) is 11.2 Å². The summed E-state index contributed by atoms with van der Waals surface area (Å²) >= 11 is 0. The molecule has 4 aromatic rings. The van der Waals surface area contributed by atoms with Crippen molar-refractivity contribution in [3.8, 4) is 6.07 Å². The van der Waals surface area contributed by atoms with E-state index >= 15 is 0 Å². The number of rotatable bonds is 8. The molecule has 0 aliphatic rings. The summed E-state index contributed by atoms with van der Waals surface area (Å²) in [7, 11) is 0. The Balaban J connectivity index is 0.00000380. The molecule has 4 aromatic carbocycles. The SMILES string of the molecule is CC(C)CC(C(=O)Nc1cc(C#N)ccc1Cc1ccccc1C(=O)[O-])c1cccc2ccccc12.[Na+]. The molecule has 37 heavy (non-hydrogen) atoms. The third-order valence-electron chi connectivity index (χ3n) is 6.34. The second-order valence-corrected chi connectivity index (χ2v) is 9.34. The first kappa shape index (κ1) is 28.1. The number of hydrogen-bond donors (Lipinski definition) is 1. The smallest absolute Gasteiger partial charge is 0.545 e. The van der Waals surface area contributed by atoms with Crippen LogP contribution in [0.4, 0.5) is 5.69 Å². The summed E-state index contributed by atoms with van der Waals surface area (Å²) in [5.41, 5.74) is 3.27. The Morgan fingerprint density at radius 1 is 0.919 bits per heavy atom. The van der Waals surface area contributed by atoms with E-state index in [0.717, 1.165) is 21.9 Å². The molecule has 0 heterocycles. The van der Waals surface area contributed by atoms with Crippen LogP contribution in [0.15, 0.2) is 84.9 Å². The number of nitriles is 1. The minimum absolute atomic E-state index is 0. The van der Waals surface area contributed by atoms with E-state index in [1.807, 2.05) is 42.5 Å². The molecule has 0 aliphatic carbocycles. The minimum atomic E-state index is -1.25. The minimum Gasteiger partial charge on any atom is -0.545 e. The standard InChI is InChI=1S/C31H28N2O3.Na/c1-20(2)16-28(27-13-7-10-22-8-3-5-11-25(22)27)30(34)33-29-17-21(19-32)14-15-24(29)18-23-9-4-6-12-26(23)31(35)36;/h3-15,17,20,28H,16,18H2,1-2H3,(H,33,34)(H,35,36);/q;+1/p-1. The summed E-state index contributed by atoms with van der Waals surface area (Å²) in [5, 5.41) is 26.3. The number of nitrogens with one attached hydrogen (secondary N) is 1. The quantitative estimate of drug-likeness (QED) is 0.378. The number of aromatic carboxylic acids is 1. The van der Waals surface area contributed by atoms with E-state index < -0.39 is 11.9 Å².